The molecule has 1 fully saturated rings. The number of ether oxygens (including phenoxy) is 1. The lowest BCUT2D eigenvalue weighted by molar-refractivity contribution is 0.0945. The van der Waals surface area contributed by atoms with Crippen LogP contribution in [0, 0.1) is 13.8 Å². The van der Waals surface area contributed by atoms with Gasteiger partial charge in [-0.05, 0) is 81.2 Å². The zero-order valence-corrected chi connectivity index (χ0v) is 21.0. The standard InChI is InChI=1S/C26H31N5O3S/c1-18-13-19(2)15-22(14-18)34-17-23-29-30-26(35-23)25(33)28-21-8-6-7-20(16-21)24(32)27-9-12-31-10-4-3-5-11-31/h6-8,13-16H,3-5,9-12,17H2,1-2H3,(H,27,32)(H,28,33). The summed E-state index contributed by atoms with van der Waals surface area (Å²) in [6, 6.07) is 12.9. The second-order valence-electron chi connectivity index (χ2n) is 8.81. The van der Waals surface area contributed by atoms with Gasteiger partial charge in [-0.3, -0.25) is 9.59 Å². The third kappa shape index (κ3) is 7.34. The highest BCUT2D eigenvalue weighted by Gasteiger charge is 2.15. The molecule has 0 bridgehead atoms. The Kier molecular flexibility index (Phi) is 8.44. The van der Waals surface area contributed by atoms with Crippen LogP contribution in [-0.4, -0.2) is 53.1 Å². The molecule has 35 heavy (non-hydrogen) atoms. The van der Waals surface area contributed by atoms with E-state index in [0.717, 1.165) is 36.5 Å². The summed E-state index contributed by atoms with van der Waals surface area (Å²) < 4.78 is 5.81. The van der Waals surface area contributed by atoms with Gasteiger partial charge in [-0.1, -0.05) is 29.9 Å². The maximum atomic E-state index is 12.7. The van der Waals surface area contributed by atoms with E-state index in [2.05, 4.69) is 31.8 Å². The number of piperidine rings is 1. The zero-order chi connectivity index (χ0) is 24.6. The van der Waals surface area contributed by atoms with Crippen molar-refractivity contribution in [3.63, 3.8) is 0 Å². The zero-order valence-electron chi connectivity index (χ0n) is 20.2. The number of rotatable bonds is 9. The first-order valence-corrected chi connectivity index (χ1v) is 12.7. The summed E-state index contributed by atoms with van der Waals surface area (Å²) in [7, 11) is 0. The summed E-state index contributed by atoms with van der Waals surface area (Å²) in [5, 5.41) is 14.7. The van der Waals surface area contributed by atoms with Crippen LogP contribution in [0.5, 0.6) is 5.75 Å². The van der Waals surface area contributed by atoms with E-state index in [1.807, 2.05) is 26.0 Å². The van der Waals surface area contributed by atoms with E-state index in [9.17, 15) is 9.59 Å². The van der Waals surface area contributed by atoms with Gasteiger partial charge in [0, 0.05) is 24.3 Å². The van der Waals surface area contributed by atoms with E-state index >= 15 is 0 Å². The van der Waals surface area contributed by atoms with E-state index < -0.39 is 0 Å². The van der Waals surface area contributed by atoms with Crippen LogP contribution in [0.1, 0.15) is 55.6 Å². The maximum Gasteiger partial charge on any atom is 0.286 e. The lowest BCUT2D eigenvalue weighted by atomic mass is 10.1. The molecule has 2 aromatic carbocycles. The number of anilines is 1. The van der Waals surface area contributed by atoms with Crippen LogP contribution < -0.4 is 15.4 Å². The summed E-state index contributed by atoms with van der Waals surface area (Å²) in [6.45, 7) is 7.93. The lowest BCUT2D eigenvalue weighted by Gasteiger charge is -2.26. The van der Waals surface area contributed by atoms with E-state index in [0.29, 0.717) is 22.8 Å². The SMILES string of the molecule is Cc1cc(C)cc(OCc2nnc(C(=O)Nc3cccc(C(=O)NCCN4CCCCC4)c3)s2)c1. The molecule has 2 N–H and O–H groups in total. The molecule has 1 aliphatic heterocycles. The first-order chi connectivity index (χ1) is 17.0. The largest absolute Gasteiger partial charge is 0.486 e. The molecule has 0 aliphatic carbocycles. The van der Waals surface area contributed by atoms with Gasteiger partial charge >= 0.3 is 0 Å². The van der Waals surface area contributed by atoms with Crippen molar-refractivity contribution in [2.75, 3.05) is 31.5 Å². The van der Waals surface area contributed by atoms with Crippen molar-refractivity contribution in [1.29, 1.82) is 0 Å². The normalized spacial score (nSPS) is 13.9. The van der Waals surface area contributed by atoms with Gasteiger partial charge in [0.25, 0.3) is 11.8 Å². The molecule has 0 spiro atoms. The molecule has 1 aliphatic rings. The quantitative estimate of drug-likeness (QED) is 0.464. The average Bonchev–Trinajstić information content (AvgIpc) is 3.32. The van der Waals surface area contributed by atoms with Gasteiger partial charge in [0.2, 0.25) is 5.01 Å². The number of carbonyl (C=O) groups excluding carboxylic acids is 2. The Hall–Kier alpha value is -3.30. The van der Waals surface area contributed by atoms with Gasteiger partial charge < -0.3 is 20.3 Å². The molecule has 0 unspecified atom stereocenters. The first-order valence-electron chi connectivity index (χ1n) is 11.9. The molecule has 0 radical (unpaired) electrons. The number of amides is 2. The highest BCUT2D eigenvalue weighted by molar-refractivity contribution is 7.13. The molecular formula is C26H31N5O3S. The van der Waals surface area contributed by atoms with Crippen molar-refractivity contribution in [3.8, 4) is 5.75 Å². The molecule has 1 aromatic heterocycles. The molecule has 3 aromatic rings. The summed E-state index contributed by atoms with van der Waals surface area (Å²) >= 11 is 1.18. The third-order valence-corrected chi connectivity index (χ3v) is 6.66. The first kappa shape index (κ1) is 24.8. The van der Waals surface area contributed by atoms with Crippen molar-refractivity contribution in [3.05, 3.63) is 69.2 Å². The fraction of sp³-hybridized carbons (Fsp3) is 0.385. The van der Waals surface area contributed by atoms with Crippen molar-refractivity contribution < 1.29 is 14.3 Å². The second kappa shape index (κ2) is 11.9. The summed E-state index contributed by atoms with van der Waals surface area (Å²) in [6.07, 6.45) is 3.75. The van der Waals surface area contributed by atoms with Crippen LogP contribution in [0.2, 0.25) is 0 Å². The Morgan fingerprint density at radius 2 is 1.77 bits per heavy atom. The Morgan fingerprint density at radius 1 is 1.00 bits per heavy atom. The summed E-state index contributed by atoms with van der Waals surface area (Å²) in [5.74, 6) is 0.234. The molecule has 1 saturated heterocycles. The summed E-state index contributed by atoms with van der Waals surface area (Å²) in [4.78, 5) is 27.6. The predicted molar refractivity (Wildman–Crippen MR) is 137 cm³/mol. The number of aryl methyl sites for hydroxylation is 2. The monoisotopic (exact) mass is 493 g/mol. The molecule has 0 saturated carbocycles. The Morgan fingerprint density at radius 3 is 2.54 bits per heavy atom. The van der Waals surface area contributed by atoms with Crippen LogP contribution in [0.3, 0.4) is 0 Å². The van der Waals surface area contributed by atoms with Crippen molar-refractivity contribution in [1.82, 2.24) is 20.4 Å². The van der Waals surface area contributed by atoms with Crippen LogP contribution in [0.4, 0.5) is 5.69 Å². The van der Waals surface area contributed by atoms with Gasteiger partial charge in [0.05, 0.1) is 0 Å². The number of aromatic nitrogens is 2. The summed E-state index contributed by atoms with van der Waals surface area (Å²) in [5.41, 5.74) is 3.27. The predicted octanol–water partition coefficient (Wildman–Crippen LogP) is 4.20. The third-order valence-electron chi connectivity index (χ3n) is 5.76. The van der Waals surface area contributed by atoms with Crippen molar-refractivity contribution in [2.24, 2.45) is 0 Å². The van der Waals surface area contributed by atoms with Crippen LogP contribution in [0.25, 0.3) is 0 Å². The second-order valence-corrected chi connectivity index (χ2v) is 9.87. The van der Waals surface area contributed by atoms with Gasteiger partial charge in [-0.15, -0.1) is 10.2 Å². The number of likely N-dealkylation sites (tertiary alicyclic amines) is 1. The number of benzene rings is 2. The number of hydrogen-bond donors (Lipinski definition) is 2. The fourth-order valence-corrected chi connectivity index (χ4v) is 4.75. The van der Waals surface area contributed by atoms with E-state index in [1.165, 1.54) is 30.6 Å². The highest BCUT2D eigenvalue weighted by atomic mass is 32.1. The van der Waals surface area contributed by atoms with E-state index in [-0.39, 0.29) is 23.4 Å². The smallest absolute Gasteiger partial charge is 0.286 e. The minimum atomic E-state index is -0.372. The molecule has 2 amide bonds. The van der Waals surface area contributed by atoms with Crippen molar-refractivity contribution >= 4 is 28.8 Å². The number of nitrogens with one attached hydrogen (secondary N) is 2. The van der Waals surface area contributed by atoms with E-state index in [1.54, 1.807) is 24.3 Å². The molecule has 9 heteroatoms. The molecule has 4 rings (SSSR count). The van der Waals surface area contributed by atoms with Gasteiger partial charge in [-0.25, -0.2) is 0 Å². The maximum absolute atomic E-state index is 12.7. The van der Waals surface area contributed by atoms with Gasteiger partial charge in [0.1, 0.15) is 12.4 Å². The molecule has 184 valence electrons. The number of carbonyl (C=O) groups is 2. The van der Waals surface area contributed by atoms with Crippen LogP contribution >= 0.6 is 11.3 Å². The number of hydrogen-bond acceptors (Lipinski definition) is 7. The molecule has 0 atom stereocenters. The van der Waals surface area contributed by atoms with E-state index in [4.69, 9.17) is 4.74 Å². The average molecular weight is 494 g/mol. The molecule has 2 heterocycles. The van der Waals surface area contributed by atoms with Crippen LogP contribution in [-0.2, 0) is 6.61 Å². The van der Waals surface area contributed by atoms with Gasteiger partial charge in [0.15, 0.2) is 5.01 Å². The number of nitrogens with zero attached hydrogens (tertiary/aromatic N) is 3. The molecule has 8 nitrogen and oxygen atoms in total. The fourth-order valence-electron chi connectivity index (χ4n) is 4.10. The minimum Gasteiger partial charge on any atom is -0.486 e. The minimum absolute atomic E-state index is 0.153. The van der Waals surface area contributed by atoms with Crippen molar-refractivity contribution in [2.45, 2.75) is 39.7 Å². The molecular weight excluding hydrogens is 462 g/mol. The topological polar surface area (TPSA) is 96.5 Å². The van der Waals surface area contributed by atoms with Crippen LogP contribution in [0.15, 0.2) is 42.5 Å². The van der Waals surface area contributed by atoms with Gasteiger partial charge in [-0.2, -0.15) is 0 Å². The lowest BCUT2D eigenvalue weighted by Crippen LogP contribution is -2.37. The Balaban J connectivity index is 1.28. The highest BCUT2D eigenvalue weighted by Crippen LogP contribution is 2.20. The Bertz CT molecular complexity index is 1150. The Labute approximate surface area is 209 Å².